The van der Waals surface area contributed by atoms with Crippen molar-refractivity contribution in [1.82, 2.24) is 14.3 Å². The number of nitrogens with two attached hydrogens (primary N) is 1. The van der Waals surface area contributed by atoms with Crippen LogP contribution in [0.1, 0.15) is 22.3 Å². The monoisotopic (exact) mass is 457 g/mol. The van der Waals surface area contributed by atoms with Gasteiger partial charge in [-0.1, -0.05) is 0 Å². The highest BCUT2D eigenvalue weighted by Gasteiger charge is 2.32. The minimum absolute atomic E-state index is 0.0161. The second kappa shape index (κ2) is 8.69. The number of halogens is 2. The van der Waals surface area contributed by atoms with E-state index in [9.17, 15) is 27.1 Å². The van der Waals surface area contributed by atoms with Crippen LogP contribution >= 0.6 is 0 Å². The van der Waals surface area contributed by atoms with Crippen molar-refractivity contribution in [3.63, 3.8) is 0 Å². The number of β-amino-alcohol motifs (C(OH)–C–C–N with tert-alkyl or cyclic N) is 1. The van der Waals surface area contributed by atoms with Gasteiger partial charge in [0.05, 0.1) is 31.1 Å². The first-order chi connectivity index (χ1) is 14.5. The van der Waals surface area contributed by atoms with Crippen molar-refractivity contribution >= 4 is 27.6 Å². The molecule has 1 aromatic carbocycles. The maximum atomic E-state index is 14.2. The summed E-state index contributed by atoms with van der Waals surface area (Å²) in [5.74, 6) is -4.05. The summed E-state index contributed by atoms with van der Waals surface area (Å²) in [4.78, 5) is 20.7. The number of anilines is 2. The molecule has 10 nitrogen and oxygen atoms in total. The number of hydrogen-bond acceptors (Lipinski definition) is 9. The molecular formula is C18H21F2N5O5S. The first-order valence-electron chi connectivity index (χ1n) is 9.11. The summed E-state index contributed by atoms with van der Waals surface area (Å²) in [6.07, 6.45) is 1.36. The van der Waals surface area contributed by atoms with Crippen LogP contribution < -0.4 is 15.8 Å². The van der Waals surface area contributed by atoms with Crippen LogP contribution in [-0.2, 0) is 10.0 Å². The number of aliphatic hydroxyl groups excluding tert-OH is 1. The molecule has 3 rings (SSSR count). The molecule has 1 saturated heterocycles. The van der Waals surface area contributed by atoms with E-state index in [0.29, 0.717) is 0 Å². The Bertz CT molecular complexity index is 1110. The highest BCUT2D eigenvalue weighted by molar-refractivity contribution is 7.88. The van der Waals surface area contributed by atoms with Gasteiger partial charge in [-0.3, -0.25) is 4.79 Å². The smallest absolute Gasteiger partial charge is 0.224 e. The van der Waals surface area contributed by atoms with Gasteiger partial charge in [-0.25, -0.2) is 22.2 Å². The average molecular weight is 457 g/mol. The van der Waals surface area contributed by atoms with E-state index in [1.807, 2.05) is 0 Å². The van der Waals surface area contributed by atoms with Gasteiger partial charge >= 0.3 is 0 Å². The van der Waals surface area contributed by atoms with E-state index >= 15 is 0 Å². The van der Waals surface area contributed by atoms with Crippen molar-refractivity contribution in [2.24, 2.45) is 0 Å². The summed E-state index contributed by atoms with van der Waals surface area (Å²) in [7, 11) is -2.22. The molecule has 31 heavy (non-hydrogen) atoms. The third kappa shape index (κ3) is 4.73. The third-order valence-corrected chi connectivity index (χ3v) is 6.16. The Morgan fingerprint density at radius 2 is 2.10 bits per heavy atom. The quantitative estimate of drug-likeness (QED) is 0.524. The summed E-state index contributed by atoms with van der Waals surface area (Å²) in [6.45, 7) is 0.0967. The number of carbonyl (C=O) groups excluding carboxylic acids is 1. The maximum absolute atomic E-state index is 14.2. The number of sulfonamides is 1. The van der Waals surface area contributed by atoms with E-state index in [1.54, 1.807) is 0 Å². The van der Waals surface area contributed by atoms with Gasteiger partial charge in [-0.15, -0.1) is 0 Å². The molecule has 168 valence electrons. The first kappa shape index (κ1) is 22.8. The number of carbonyl (C=O) groups is 1. The van der Waals surface area contributed by atoms with Crippen molar-refractivity contribution in [3.05, 3.63) is 41.1 Å². The largest absolute Gasteiger partial charge is 0.496 e. The number of hydrogen-bond donors (Lipinski definition) is 3. The van der Waals surface area contributed by atoms with Gasteiger partial charge in [0.25, 0.3) is 0 Å². The predicted octanol–water partition coefficient (Wildman–Crippen LogP) is 0.383. The zero-order valence-electron chi connectivity index (χ0n) is 16.7. The lowest BCUT2D eigenvalue weighted by atomic mass is 10.0. The number of nitrogens with zero attached hydrogens (tertiary/aromatic N) is 3. The fourth-order valence-corrected chi connectivity index (χ4v) is 4.09. The Balaban J connectivity index is 1.80. The SMILES string of the molecule is COc1ccc(F)c(F)c1C(=O)c1cnc(N[C@@H]2CCN(S(C)(=O)=O)C[C@H]2O)nc1N. The van der Waals surface area contributed by atoms with Gasteiger partial charge in [0.15, 0.2) is 11.6 Å². The molecule has 0 amide bonds. The summed E-state index contributed by atoms with van der Waals surface area (Å²) >= 11 is 0. The van der Waals surface area contributed by atoms with Crippen LogP contribution in [0.2, 0.25) is 0 Å². The highest BCUT2D eigenvalue weighted by atomic mass is 32.2. The molecule has 0 saturated carbocycles. The molecule has 1 aromatic heterocycles. The molecule has 13 heteroatoms. The van der Waals surface area contributed by atoms with Crippen molar-refractivity contribution in [2.45, 2.75) is 18.6 Å². The number of rotatable bonds is 6. The van der Waals surface area contributed by atoms with Gasteiger partial charge < -0.3 is 20.9 Å². The maximum Gasteiger partial charge on any atom is 0.224 e. The van der Waals surface area contributed by atoms with E-state index in [4.69, 9.17) is 10.5 Å². The van der Waals surface area contributed by atoms with Gasteiger partial charge in [0, 0.05) is 19.3 Å². The Morgan fingerprint density at radius 1 is 1.39 bits per heavy atom. The van der Waals surface area contributed by atoms with Gasteiger partial charge in [-0.2, -0.15) is 9.29 Å². The van der Waals surface area contributed by atoms with Crippen molar-refractivity contribution in [1.29, 1.82) is 0 Å². The zero-order valence-corrected chi connectivity index (χ0v) is 17.5. The molecular weight excluding hydrogens is 436 g/mol. The van der Waals surface area contributed by atoms with E-state index in [1.165, 1.54) is 7.11 Å². The summed E-state index contributed by atoms with van der Waals surface area (Å²) in [5.41, 5.74) is 4.94. The Hall–Kier alpha value is -2.90. The molecule has 2 heterocycles. The van der Waals surface area contributed by atoms with Gasteiger partial charge in [-0.05, 0) is 18.6 Å². The van der Waals surface area contributed by atoms with Gasteiger partial charge in [0.2, 0.25) is 21.8 Å². The molecule has 0 spiro atoms. The summed E-state index contributed by atoms with van der Waals surface area (Å²) < 4.78 is 57.2. The average Bonchev–Trinajstić information content (AvgIpc) is 2.70. The molecule has 0 aliphatic carbocycles. The number of ketones is 1. The van der Waals surface area contributed by atoms with Crippen LogP contribution in [0, 0.1) is 11.6 Å². The number of nitrogen functional groups attached to an aromatic ring is 1. The second-order valence-corrected chi connectivity index (χ2v) is 8.97. The number of benzene rings is 1. The number of aliphatic hydroxyl groups is 1. The molecule has 1 aliphatic rings. The van der Waals surface area contributed by atoms with E-state index in [2.05, 4.69) is 15.3 Å². The van der Waals surface area contributed by atoms with Crippen LogP contribution in [0.3, 0.4) is 0 Å². The number of aromatic nitrogens is 2. The van der Waals surface area contributed by atoms with Crippen LogP contribution in [0.25, 0.3) is 0 Å². The van der Waals surface area contributed by atoms with Crippen molar-refractivity contribution in [2.75, 3.05) is 37.5 Å². The first-order valence-corrected chi connectivity index (χ1v) is 11.0. The van der Waals surface area contributed by atoms with Crippen LogP contribution in [0.5, 0.6) is 5.75 Å². The lowest BCUT2D eigenvalue weighted by molar-refractivity contribution is 0.0950. The Morgan fingerprint density at radius 3 is 2.68 bits per heavy atom. The standard InChI is InChI=1S/C18H21F2N5O5S/c1-30-13-4-3-10(19)15(20)14(13)16(27)9-7-22-18(24-17(9)21)23-11-5-6-25(8-12(11)26)31(2,28)29/h3-4,7,11-12,26H,5-6,8H2,1-2H3,(H3,21,22,23,24)/t11-,12-/m1/s1. The number of ether oxygens (including phenoxy) is 1. The minimum atomic E-state index is -3.43. The molecule has 2 aromatic rings. The molecule has 0 unspecified atom stereocenters. The van der Waals surface area contributed by atoms with Crippen LogP contribution in [-0.4, -0.2) is 72.2 Å². The predicted molar refractivity (Wildman–Crippen MR) is 107 cm³/mol. The molecule has 1 fully saturated rings. The highest BCUT2D eigenvalue weighted by Crippen LogP contribution is 2.28. The lowest BCUT2D eigenvalue weighted by Crippen LogP contribution is -2.51. The van der Waals surface area contributed by atoms with Crippen LogP contribution in [0.4, 0.5) is 20.5 Å². The van der Waals surface area contributed by atoms with E-state index < -0.39 is 45.2 Å². The Labute approximate surface area is 177 Å². The molecule has 0 bridgehead atoms. The summed E-state index contributed by atoms with van der Waals surface area (Å²) in [5, 5.41) is 13.1. The van der Waals surface area contributed by atoms with Crippen molar-refractivity contribution < 1.29 is 31.8 Å². The fraction of sp³-hybridized carbons (Fsp3) is 0.389. The summed E-state index contributed by atoms with van der Waals surface area (Å²) in [6, 6.07) is 1.39. The molecule has 4 N–H and O–H groups in total. The minimum Gasteiger partial charge on any atom is -0.496 e. The molecule has 2 atom stereocenters. The van der Waals surface area contributed by atoms with Gasteiger partial charge in [0.1, 0.15) is 17.1 Å². The van der Waals surface area contributed by atoms with Crippen molar-refractivity contribution in [3.8, 4) is 5.75 Å². The molecule has 1 aliphatic heterocycles. The van der Waals surface area contributed by atoms with Crippen LogP contribution in [0.15, 0.2) is 18.3 Å². The number of methoxy groups -OCH3 is 1. The topological polar surface area (TPSA) is 148 Å². The Kier molecular flexibility index (Phi) is 6.38. The lowest BCUT2D eigenvalue weighted by Gasteiger charge is -2.34. The fourth-order valence-electron chi connectivity index (χ4n) is 3.23. The zero-order chi connectivity index (χ0) is 22.9. The third-order valence-electron chi connectivity index (χ3n) is 4.89. The number of piperidine rings is 1. The molecule has 0 radical (unpaired) electrons. The second-order valence-electron chi connectivity index (χ2n) is 6.99. The van der Waals surface area contributed by atoms with E-state index in [0.717, 1.165) is 28.9 Å². The normalized spacial score (nSPS) is 19.8. The van der Waals surface area contributed by atoms with E-state index in [-0.39, 0.29) is 42.6 Å². The number of nitrogens with one attached hydrogen (secondary N) is 1.